The van der Waals surface area contributed by atoms with E-state index in [0.717, 1.165) is 18.6 Å². The fraction of sp³-hybridized carbons (Fsp3) is 0.250. The summed E-state index contributed by atoms with van der Waals surface area (Å²) in [6.07, 6.45) is 1.58. The number of nitrogens with one attached hydrogen (secondary N) is 1. The van der Waals surface area contributed by atoms with Crippen molar-refractivity contribution in [2.24, 2.45) is 0 Å². The van der Waals surface area contributed by atoms with Crippen LogP contribution in [0.1, 0.15) is 24.8 Å². The number of anilines is 1. The Labute approximate surface area is 161 Å². The average Bonchev–Trinajstić information content (AvgIpc) is 3.38. The first-order valence-corrected chi connectivity index (χ1v) is 8.95. The topological polar surface area (TPSA) is 80.5 Å². The molecule has 0 radical (unpaired) electrons. The molecule has 144 valence electrons. The number of hydrogen-bond donors (Lipinski definition) is 1. The normalized spacial score (nSPS) is 16.2. The van der Waals surface area contributed by atoms with Gasteiger partial charge in [0.15, 0.2) is 0 Å². The molecule has 3 aromatic rings. The minimum atomic E-state index is -0.329. The zero-order chi connectivity index (χ0) is 19.5. The van der Waals surface area contributed by atoms with Crippen molar-refractivity contribution in [2.75, 3.05) is 19.0 Å². The summed E-state index contributed by atoms with van der Waals surface area (Å²) in [6, 6.07) is 12.5. The molecule has 1 aromatic heterocycles. The van der Waals surface area contributed by atoms with Crippen LogP contribution >= 0.6 is 0 Å². The predicted molar refractivity (Wildman–Crippen MR) is 100 cm³/mol. The lowest BCUT2D eigenvalue weighted by Gasteiger charge is -2.22. The molecule has 2 heterocycles. The van der Waals surface area contributed by atoms with Crippen molar-refractivity contribution in [1.82, 2.24) is 15.0 Å². The van der Waals surface area contributed by atoms with E-state index in [-0.39, 0.29) is 17.9 Å². The van der Waals surface area contributed by atoms with Crippen molar-refractivity contribution >= 4 is 11.7 Å². The Morgan fingerprint density at radius 1 is 1.21 bits per heavy atom. The monoisotopic (exact) mass is 382 g/mol. The summed E-state index contributed by atoms with van der Waals surface area (Å²) in [7, 11) is 1.59. The van der Waals surface area contributed by atoms with E-state index < -0.39 is 0 Å². The number of urea groups is 1. The van der Waals surface area contributed by atoms with E-state index in [4.69, 9.17) is 9.26 Å². The highest BCUT2D eigenvalue weighted by Crippen LogP contribution is 2.32. The summed E-state index contributed by atoms with van der Waals surface area (Å²) in [5.41, 5.74) is 1.33. The highest BCUT2D eigenvalue weighted by atomic mass is 19.1. The van der Waals surface area contributed by atoms with Crippen LogP contribution in [0.5, 0.6) is 5.75 Å². The Hall–Kier alpha value is -3.42. The van der Waals surface area contributed by atoms with E-state index in [1.165, 1.54) is 12.1 Å². The summed E-state index contributed by atoms with van der Waals surface area (Å²) in [6.45, 7) is 0.598. The number of amides is 2. The summed E-state index contributed by atoms with van der Waals surface area (Å²) in [5, 5.41) is 6.86. The number of hydrogen-bond acceptors (Lipinski definition) is 5. The van der Waals surface area contributed by atoms with Crippen LogP contribution < -0.4 is 10.1 Å². The second kappa shape index (κ2) is 7.67. The largest absolute Gasteiger partial charge is 0.497 e. The van der Waals surface area contributed by atoms with Gasteiger partial charge in [0.25, 0.3) is 0 Å². The third-order valence-electron chi connectivity index (χ3n) is 4.68. The zero-order valence-corrected chi connectivity index (χ0v) is 15.3. The molecule has 0 spiro atoms. The molecule has 7 nitrogen and oxygen atoms in total. The molecule has 1 fully saturated rings. The van der Waals surface area contributed by atoms with E-state index in [0.29, 0.717) is 29.5 Å². The summed E-state index contributed by atoms with van der Waals surface area (Å²) in [4.78, 5) is 18.8. The van der Waals surface area contributed by atoms with Crippen LogP contribution in [-0.4, -0.2) is 34.7 Å². The molecular formula is C20H19FN4O3. The van der Waals surface area contributed by atoms with Gasteiger partial charge in [-0.2, -0.15) is 4.98 Å². The van der Waals surface area contributed by atoms with Gasteiger partial charge in [-0.05, 0) is 61.4 Å². The lowest BCUT2D eigenvalue weighted by Crippen LogP contribution is -2.34. The van der Waals surface area contributed by atoms with Crippen molar-refractivity contribution in [3.05, 3.63) is 60.2 Å². The van der Waals surface area contributed by atoms with E-state index in [2.05, 4.69) is 15.5 Å². The van der Waals surface area contributed by atoms with Crippen molar-refractivity contribution in [2.45, 2.75) is 18.9 Å². The summed E-state index contributed by atoms with van der Waals surface area (Å²) in [5.74, 6) is 1.14. The maximum atomic E-state index is 13.1. The second-order valence-electron chi connectivity index (χ2n) is 6.47. The number of nitrogens with zero attached hydrogens (tertiary/aromatic N) is 3. The predicted octanol–water partition coefficient (Wildman–Crippen LogP) is 4.25. The van der Waals surface area contributed by atoms with Gasteiger partial charge in [-0.25, -0.2) is 9.18 Å². The van der Waals surface area contributed by atoms with Gasteiger partial charge in [0, 0.05) is 17.8 Å². The first-order chi connectivity index (χ1) is 13.6. The van der Waals surface area contributed by atoms with Crippen LogP contribution in [0.3, 0.4) is 0 Å². The first-order valence-electron chi connectivity index (χ1n) is 8.95. The van der Waals surface area contributed by atoms with Crippen molar-refractivity contribution < 1.29 is 18.4 Å². The molecule has 8 heteroatoms. The standard InChI is InChI=1S/C20H19FN4O3/c1-27-16-10-8-15(9-11-16)22-20(26)25-12-2-3-17(25)19-23-18(24-28-19)13-4-6-14(21)7-5-13/h4-11,17H,2-3,12H2,1H3,(H,22,26)/t17-/m0/s1. The van der Waals surface area contributed by atoms with Gasteiger partial charge >= 0.3 is 6.03 Å². The highest BCUT2D eigenvalue weighted by Gasteiger charge is 2.34. The number of methoxy groups -OCH3 is 1. The molecule has 1 aliphatic heterocycles. The minimum Gasteiger partial charge on any atom is -0.497 e. The SMILES string of the molecule is COc1ccc(NC(=O)N2CCC[C@H]2c2nc(-c3ccc(F)cc3)no2)cc1. The van der Waals surface area contributed by atoms with Crippen molar-refractivity contribution in [1.29, 1.82) is 0 Å². The number of likely N-dealkylation sites (tertiary alicyclic amines) is 1. The van der Waals surface area contributed by atoms with E-state index in [9.17, 15) is 9.18 Å². The Balaban J connectivity index is 1.48. The van der Waals surface area contributed by atoms with Gasteiger partial charge in [0.1, 0.15) is 17.6 Å². The lowest BCUT2D eigenvalue weighted by atomic mass is 10.2. The second-order valence-corrected chi connectivity index (χ2v) is 6.47. The molecule has 2 aromatic carbocycles. The van der Waals surface area contributed by atoms with Crippen LogP contribution in [0.15, 0.2) is 53.1 Å². The van der Waals surface area contributed by atoms with Gasteiger partial charge in [-0.3, -0.25) is 0 Å². The maximum Gasteiger partial charge on any atom is 0.322 e. The molecule has 1 aliphatic rings. The Morgan fingerprint density at radius 3 is 2.68 bits per heavy atom. The summed E-state index contributed by atoms with van der Waals surface area (Å²) < 4.78 is 23.6. The molecule has 0 unspecified atom stereocenters. The number of benzene rings is 2. The quantitative estimate of drug-likeness (QED) is 0.729. The van der Waals surface area contributed by atoms with Crippen LogP contribution in [-0.2, 0) is 0 Å². The molecule has 0 aliphatic carbocycles. The van der Waals surface area contributed by atoms with Gasteiger partial charge in [0.2, 0.25) is 11.7 Å². The smallest absolute Gasteiger partial charge is 0.322 e. The first kappa shape index (κ1) is 18.0. The maximum absolute atomic E-state index is 13.1. The Morgan fingerprint density at radius 2 is 1.96 bits per heavy atom. The third kappa shape index (κ3) is 3.66. The third-order valence-corrected chi connectivity index (χ3v) is 4.68. The Kier molecular flexibility index (Phi) is 4.92. The Bertz CT molecular complexity index is 956. The number of ether oxygens (including phenoxy) is 1. The van der Waals surface area contributed by atoms with Crippen molar-refractivity contribution in [3.63, 3.8) is 0 Å². The fourth-order valence-corrected chi connectivity index (χ4v) is 3.22. The number of carbonyl (C=O) groups is 1. The zero-order valence-electron chi connectivity index (χ0n) is 15.3. The fourth-order valence-electron chi connectivity index (χ4n) is 3.22. The molecule has 2 amide bonds. The van der Waals surface area contributed by atoms with Crippen molar-refractivity contribution in [3.8, 4) is 17.1 Å². The molecule has 0 bridgehead atoms. The highest BCUT2D eigenvalue weighted by molar-refractivity contribution is 5.89. The number of rotatable bonds is 4. The number of carbonyl (C=O) groups excluding carboxylic acids is 1. The molecule has 1 saturated heterocycles. The van der Waals surface area contributed by atoms with E-state index in [1.54, 1.807) is 48.4 Å². The van der Waals surface area contributed by atoms with E-state index >= 15 is 0 Å². The molecule has 1 N–H and O–H groups in total. The number of halogens is 1. The lowest BCUT2D eigenvalue weighted by molar-refractivity contribution is 0.193. The molecule has 1 atom stereocenters. The van der Waals surface area contributed by atoms with Crippen LogP contribution in [0, 0.1) is 5.82 Å². The molecule has 28 heavy (non-hydrogen) atoms. The average molecular weight is 382 g/mol. The van der Waals surface area contributed by atoms with Crippen LogP contribution in [0.25, 0.3) is 11.4 Å². The van der Waals surface area contributed by atoms with Crippen LogP contribution in [0.4, 0.5) is 14.9 Å². The van der Waals surface area contributed by atoms with E-state index in [1.807, 2.05) is 0 Å². The molecule has 0 saturated carbocycles. The van der Waals surface area contributed by atoms with Gasteiger partial charge < -0.3 is 19.5 Å². The minimum absolute atomic E-state index is 0.228. The van der Waals surface area contributed by atoms with Gasteiger partial charge in [0.05, 0.1) is 7.11 Å². The molecular weight excluding hydrogens is 363 g/mol. The van der Waals surface area contributed by atoms with Gasteiger partial charge in [-0.15, -0.1) is 0 Å². The van der Waals surface area contributed by atoms with Gasteiger partial charge in [-0.1, -0.05) is 5.16 Å². The summed E-state index contributed by atoms with van der Waals surface area (Å²) >= 11 is 0. The number of aromatic nitrogens is 2. The van der Waals surface area contributed by atoms with Crippen LogP contribution in [0.2, 0.25) is 0 Å². The molecule has 4 rings (SSSR count).